The van der Waals surface area contributed by atoms with Gasteiger partial charge in [0.05, 0.1) is 0 Å². The van der Waals surface area contributed by atoms with Gasteiger partial charge in [0.25, 0.3) is 0 Å². The molecule has 0 spiro atoms. The van der Waals surface area contributed by atoms with E-state index in [0.717, 1.165) is 5.56 Å². The van der Waals surface area contributed by atoms with E-state index < -0.39 is 4.58 Å². The fourth-order valence-electron chi connectivity index (χ4n) is 2.11. The fourth-order valence-corrected chi connectivity index (χ4v) is 2.68. The summed E-state index contributed by atoms with van der Waals surface area (Å²) in [5, 5.41) is 2.36. The van der Waals surface area contributed by atoms with Gasteiger partial charge in [-0.3, -0.25) is 0 Å². The van der Waals surface area contributed by atoms with E-state index in [4.69, 9.17) is 0 Å². The zero-order chi connectivity index (χ0) is 10.5. The molecule has 3 rings (SSSR count). The van der Waals surface area contributed by atoms with Crippen LogP contribution in [0.15, 0.2) is 42.5 Å². The van der Waals surface area contributed by atoms with Crippen molar-refractivity contribution in [1.82, 2.24) is 0 Å². The Morgan fingerprint density at radius 3 is 2.53 bits per heavy atom. The lowest BCUT2D eigenvalue weighted by Gasteiger charge is -2.05. The van der Waals surface area contributed by atoms with Crippen LogP contribution in [0.25, 0.3) is 10.8 Å². The molecule has 0 aliphatic heterocycles. The summed E-state index contributed by atoms with van der Waals surface area (Å²) in [6, 6.07) is 14.2. The Morgan fingerprint density at radius 1 is 1.13 bits per heavy atom. The van der Waals surface area contributed by atoms with E-state index in [1.165, 1.54) is 10.8 Å². The monoisotopic (exact) mass is 264 g/mol. The third kappa shape index (κ3) is 1.48. The Balaban J connectivity index is 2.19. The molecule has 0 amide bonds. The third-order valence-corrected chi connectivity index (χ3v) is 3.90. The van der Waals surface area contributed by atoms with Gasteiger partial charge in [-0.2, -0.15) is 0 Å². The lowest BCUT2D eigenvalue weighted by molar-refractivity contribution is 0.436. The number of benzene rings is 2. The van der Waals surface area contributed by atoms with Gasteiger partial charge < -0.3 is 0 Å². The third-order valence-electron chi connectivity index (χ3n) is 3.02. The predicted molar refractivity (Wildman–Crippen MR) is 64.1 cm³/mol. The van der Waals surface area contributed by atoms with Gasteiger partial charge in [-0.05, 0) is 32.3 Å². The molecule has 1 aliphatic rings. The number of rotatable bonds is 1. The molecule has 0 heterocycles. The van der Waals surface area contributed by atoms with E-state index in [-0.39, 0.29) is 5.92 Å². The SMILES string of the molecule is FC1(Br)CC1c1cccc2ccccc12. The summed E-state index contributed by atoms with van der Waals surface area (Å²) >= 11 is 3.11. The molecule has 0 N–H and O–H groups in total. The Kier molecular flexibility index (Phi) is 1.90. The van der Waals surface area contributed by atoms with Crippen molar-refractivity contribution in [3.8, 4) is 0 Å². The van der Waals surface area contributed by atoms with Gasteiger partial charge in [0, 0.05) is 12.3 Å². The van der Waals surface area contributed by atoms with E-state index in [9.17, 15) is 4.39 Å². The summed E-state index contributed by atoms with van der Waals surface area (Å²) in [7, 11) is 0. The van der Waals surface area contributed by atoms with Gasteiger partial charge in [0.1, 0.15) is 0 Å². The zero-order valence-electron chi connectivity index (χ0n) is 8.08. The van der Waals surface area contributed by atoms with E-state index in [1.54, 1.807) is 0 Å². The standard InChI is InChI=1S/C13H10BrF/c14-13(15)8-12(13)11-7-3-5-9-4-1-2-6-10(9)11/h1-7,12H,8H2. The number of fused-ring (bicyclic) bond motifs is 1. The second-order valence-corrected chi connectivity index (χ2v) is 5.40. The Morgan fingerprint density at radius 2 is 1.80 bits per heavy atom. The highest BCUT2D eigenvalue weighted by molar-refractivity contribution is 9.10. The van der Waals surface area contributed by atoms with Crippen molar-refractivity contribution in [2.45, 2.75) is 16.9 Å². The first kappa shape index (κ1) is 9.34. The summed E-state index contributed by atoms with van der Waals surface area (Å²) < 4.78 is 12.4. The van der Waals surface area contributed by atoms with Crippen molar-refractivity contribution in [3.63, 3.8) is 0 Å². The van der Waals surface area contributed by atoms with Crippen LogP contribution in [-0.2, 0) is 0 Å². The maximum atomic E-state index is 13.6. The van der Waals surface area contributed by atoms with Gasteiger partial charge in [-0.25, -0.2) is 4.39 Å². The minimum atomic E-state index is -1.17. The highest BCUT2D eigenvalue weighted by Crippen LogP contribution is 2.59. The molecule has 0 aromatic heterocycles. The van der Waals surface area contributed by atoms with Crippen molar-refractivity contribution < 1.29 is 4.39 Å². The van der Waals surface area contributed by atoms with Gasteiger partial charge in [-0.1, -0.05) is 42.5 Å². The molecule has 2 aromatic rings. The van der Waals surface area contributed by atoms with Crippen molar-refractivity contribution in [1.29, 1.82) is 0 Å². The average Bonchev–Trinajstić information content (AvgIpc) is 2.87. The molecule has 1 aliphatic carbocycles. The van der Waals surface area contributed by atoms with Crippen LogP contribution in [0.3, 0.4) is 0 Å². The normalized spacial score (nSPS) is 29.3. The van der Waals surface area contributed by atoms with Crippen molar-refractivity contribution >= 4 is 26.7 Å². The van der Waals surface area contributed by atoms with Crippen LogP contribution < -0.4 is 0 Å². The summed E-state index contributed by atoms with van der Waals surface area (Å²) in [6.07, 6.45) is 0.584. The number of hydrogen-bond acceptors (Lipinski definition) is 0. The van der Waals surface area contributed by atoms with E-state index in [0.29, 0.717) is 6.42 Å². The zero-order valence-corrected chi connectivity index (χ0v) is 9.67. The molecular formula is C13H10BrF. The Hall–Kier alpha value is -0.890. The van der Waals surface area contributed by atoms with Crippen LogP contribution >= 0.6 is 15.9 Å². The summed E-state index contributed by atoms with van der Waals surface area (Å²) in [5.74, 6) is 0.0172. The topological polar surface area (TPSA) is 0 Å². The van der Waals surface area contributed by atoms with E-state index >= 15 is 0 Å². The molecule has 76 valence electrons. The maximum Gasteiger partial charge on any atom is 0.172 e. The minimum Gasteiger partial charge on any atom is -0.231 e. The Bertz CT molecular complexity index is 513. The number of hydrogen-bond donors (Lipinski definition) is 0. The van der Waals surface area contributed by atoms with Crippen LogP contribution in [-0.4, -0.2) is 4.58 Å². The van der Waals surface area contributed by atoms with Crippen molar-refractivity contribution in [3.05, 3.63) is 48.0 Å². The first-order valence-electron chi connectivity index (χ1n) is 5.04. The summed E-state index contributed by atoms with van der Waals surface area (Å²) in [5.41, 5.74) is 1.12. The molecule has 2 unspecified atom stereocenters. The highest BCUT2D eigenvalue weighted by Gasteiger charge is 2.54. The lowest BCUT2D eigenvalue weighted by Crippen LogP contribution is -1.91. The first-order valence-corrected chi connectivity index (χ1v) is 5.83. The maximum absolute atomic E-state index is 13.6. The van der Waals surface area contributed by atoms with Crippen LogP contribution in [0.1, 0.15) is 17.9 Å². The second-order valence-electron chi connectivity index (χ2n) is 4.09. The van der Waals surface area contributed by atoms with Crippen molar-refractivity contribution in [2.75, 3.05) is 0 Å². The molecule has 0 nitrogen and oxygen atoms in total. The molecule has 0 radical (unpaired) electrons. The minimum absolute atomic E-state index is 0.0172. The van der Waals surface area contributed by atoms with Crippen LogP contribution in [0.4, 0.5) is 4.39 Å². The van der Waals surface area contributed by atoms with Crippen molar-refractivity contribution in [2.24, 2.45) is 0 Å². The number of halogens is 2. The van der Waals surface area contributed by atoms with E-state index in [2.05, 4.69) is 34.1 Å². The fraction of sp³-hybridized carbons (Fsp3) is 0.231. The average molecular weight is 265 g/mol. The molecule has 1 fully saturated rings. The first-order chi connectivity index (χ1) is 7.18. The highest BCUT2D eigenvalue weighted by atomic mass is 79.9. The van der Waals surface area contributed by atoms with Gasteiger partial charge in [0.2, 0.25) is 0 Å². The molecule has 2 atom stereocenters. The van der Waals surface area contributed by atoms with Gasteiger partial charge in [-0.15, -0.1) is 0 Å². The second kappa shape index (κ2) is 3.05. The molecule has 2 aromatic carbocycles. The van der Waals surface area contributed by atoms with Crippen LogP contribution in [0, 0.1) is 0 Å². The predicted octanol–water partition coefficient (Wildman–Crippen LogP) is 4.39. The van der Waals surface area contributed by atoms with Crippen LogP contribution in [0.5, 0.6) is 0 Å². The quantitative estimate of drug-likeness (QED) is 0.671. The largest absolute Gasteiger partial charge is 0.231 e. The van der Waals surface area contributed by atoms with E-state index in [1.807, 2.05) is 24.3 Å². The molecular weight excluding hydrogens is 255 g/mol. The smallest absolute Gasteiger partial charge is 0.172 e. The van der Waals surface area contributed by atoms with Gasteiger partial charge >= 0.3 is 0 Å². The molecule has 15 heavy (non-hydrogen) atoms. The summed E-state index contributed by atoms with van der Waals surface area (Å²) in [4.78, 5) is 0. The molecule has 0 bridgehead atoms. The lowest BCUT2D eigenvalue weighted by atomic mass is 10.0. The molecule has 2 heteroatoms. The molecule has 0 saturated heterocycles. The van der Waals surface area contributed by atoms with Gasteiger partial charge in [0.15, 0.2) is 4.58 Å². The van der Waals surface area contributed by atoms with Crippen LogP contribution in [0.2, 0.25) is 0 Å². The molecule has 1 saturated carbocycles. The number of alkyl halides is 2. The summed E-state index contributed by atoms with van der Waals surface area (Å²) in [6.45, 7) is 0. The Labute approximate surface area is 96.2 Å².